The first-order valence-corrected chi connectivity index (χ1v) is 9.27. The lowest BCUT2D eigenvalue weighted by Gasteiger charge is -2.18. The molecule has 0 unspecified atom stereocenters. The molecule has 0 aliphatic carbocycles. The maximum Gasteiger partial charge on any atom is 0.266 e. The molecular formula is C15H12Cl2N2O5S. The average molecular weight is 403 g/mol. The molecule has 0 atom stereocenters. The highest BCUT2D eigenvalue weighted by Gasteiger charge is 2.20. The van der Waals surface area contributed by atoms with Crippen molar-refractivity contribution in [2.45, 2.75) is 4.90 Å². The van der Waals surface area contributed by atoms with Gasteiger partial charge in [0.2, 0.25) is 0 Å². The monoisotopic (exact) mass is 402 g/mol. The van der Waals surface area contributed by atoms with Crippen LogP contribution >= 0.6 is 23.2 Å². The normalized spacial score (nSPS) is 13.4. The van der Waals surface area contributed by atoms with E-state index in [1.165, 1.54) is 30.3 Å². The van der Waals surface area contributed by atoms with E-state index in [4.69, 9.17) is 32.7 Å². The second-order valence-corrected chi connectivity index (χ2v) is 7.49. The highest BCUT2D eigenvalue weighted by atomic mass is 35.5. The molecule has 3 rings (SSSR count). The molecule has 0 radical (unpaired) electrons. The number of carbonyl (C=O) groups excluding carboxylic acids is 1. The third-order valence-electron chi connectivity index (χ3n) is 3.29. The van der Waals surface area contributed by atoms with Gasteiger partial charge in [0.05, 0.1) is 5.02 Å². The van der Waals surface area contributed by atoms with Gasteiger partial charge in [0.1, 0.15) is 18.1 Å². The highest BCUT2D eigenvalue weighted by molar-refractivity contribution is 7.89. The van der Waals surface area contributed by atoms with Crippen LogP contribution in [0.5, 0.6) is 11.5 Å². The first kappa shape index (κ1) is 17.8. The molecular weight excluding hydrogens is 391 g/mol. The summed E-state index contributed by atoms with van der Waals surface area (Å²) >= 11 is 11.7. The Labute approximate surface area is 153 Å². The van der Waals surface area contributed by atoms with Gasteiger partial charge in [-0.15, -0.1) is 4.83 Å². The number of nitrogens with one attached hydrogen (secondary N) is 2. The number of hydrogen-bond donors (Lipinski definition) is 2. The third kappa shape index (κ3) is 3.98. The Morgan fingerprint density at radius 1 is 1.00 bits per heavy atom. The highest BCUT2D eigenvalue weighted by Crippen LogP contribution is 2.30. The van der Waals surface area contributed by atoms with E-state index >= 15 is 0 Å². The van der Waals surface area contributed by atoms with Crippen LogP contribution in [0.4, 0.5) is 0 Å². The summed E-state index contributed by atoms with van der Waals surface area (Å²) in [4.78, 5) is 13.9. The van der Waals surface area contributed by atoms with Gasteiger partial charge < -0.3 is 9.47 Å². The number of rotatable bonds is 4. The maximum atomic E-state index is 12.3. The first-order valence-electron chi connectivity index (χ1n) is 7.04. The van der Waals surface area contributed by atoms with Crippen molar-refractivity contribution in [2.75, 3.05) is 13.2 Å². The summed E-state index contributed by atoms with van der Waals surface area (Å²) in [5.74, 6) is 0.271. The zero-order valence-corrected chi connectivity index (χ0v) is 14.9. The Hall–Kier alpha value is -2.00. The topological polar surface area (TPSA) is 93.7 Å². The fourth-order valence-electron chi connectivity index (χ4n) is 2.11. The Bertz CT molecular complexity index is 934. The standard InChI is InChI=1S/C15H12Cl2N2O5S/c16-10-2-3-11(17)14(8-10)25(21,22)19-18-15(20)9-1-4-12-13(7-9)24-6-5-23-12/h1-4,7-8,19H,5-6H2,(H,18,20). The molecule has 0 spiro atoms. The summed E-state index contributed by atoms with van der Waals surface area (Å²) in [5, 5.41) is 0.174. The van der Waals surface area contributed by atoms with Gasteiger partial charge in [-0.25, -0.2) is 8.42 Å². The number of ether oxygens (including phenoxy) is 2. The van der Waals surface area contributed by atoms with Crippen LogP contribution in [-0.2, 0) is 10.0 Å². The van der Waals surface area contributed by atoms with E-state index in [1.807, 2.05) is 4.83 Å². The van der Waals surface area contributed by atoms with Crippen LogP contribution in [-0.4, -0.2) is 27.5 Å². The number of fused-ring (bicyclic) bond motifs is 1. The molecule has 1 amide bonds. The van der Waals surface area contributed by atoms with E-state index in [0.29, 0.717) is 24.7 Å². The van der Waals surface area contributed by atoms with Gasteiger partial charge in [-0.1, -0.05) is 23.2 Å². The van der Waals surface area contributed by atoms with Crippen LogP contribution in [0, 0.1) is 0 Å². The number of sulfonamides is 1. The van der Waals surface area contributed by atoms with Crippen molar-refractivity contribution in [2.24, 2.45) is 0 Å². The van der Waals surface area contributed by atoms with Gasteiger partial charge in [0.15, 0.2) is 11.5 Å². The van der Waals surface area contributed by atoms with Crippen LogP contribution in [0.2, 0.25) is 10.0 Å². The minimum atomic E-state index is -4.09. The quantitative estimate of drug-likeness (QED) is 0.765. The maximum absolute atomic E-state index is 12.3. The Balaban J connectivity index is 1.74. The number of amides is 1. The lowest BCUT2D eigenvalue weighted by atomic mass is 10.2. The molecule has 2 aromatic rings. The van der Waals surface area contributed by atoms with Crippen molar-refractivity contribution in [3.63, 3.8) is 0 Å². The summed E-state index contributed by atoms with van der Waals surface area (Å²) in [5.41, 5.74) is 2.31. The smallest absolute Gasteiger partial charge is 0.266 e. The van der Waals surface area contributed by atoms with Gasteiger partial charge in [0.25, 0.3) is 15.9 Å². The lowest BCUT2D eigenvalue weighted by Crippen LogP contribution is -2.41. The van der Waals surface area contributed by atoms with Crippen molar-refractivity contribution in [3.8, 4) is 11.5 Å². The molecule has 0 bridgehead atoms. The molecule has 2 N–H and O–H groups in total. The fraction of sp³-hybridized carbons (Fsp3) is 0.133. The molecule has 7 nitrogen and oxygen atoms in total. The minimum Gasteiger partial charge on any atom is -0.486 e. The Morgan fingerprint density at radius 3 is 2.48 bits per heavy atom. The van der Waals surface area contributed by atoms with Crippen LogP contribution in [0.1, 0.15) is 10.4 Å². The number of hydrogen-bond acceptors (Lipinski definition) is 5. The predicted molar refractivity (Wildman–Crippen MR) is 91.7 cm³/mol. The van der Waals surface area contributed by atoms with Gasteiger partial charge in [0, 0.05) is 10.6 Å². The van der Waals surface area contributed by atoms with Gasteiger partial charge in [-0.3, -0.25) is 10.2 Å². The fourth-order valence-corrected chi connectivity index (χ4v) is 3.71. The van der Waals surface area contributed by atoms with E-state index < -0.39 is 15.9 Å². The summed E-state index contributed by atoms with van der Waals surface area (Å²) in [6, 6.07) is 8.51. The lowest BCUT2D eigenvalue weighted by molar-refractivity contribution is 0.0944. The predicted octanol–water partition coefficient (Wildman–Crippen LogP) is 2.39. The molecule has 0 aromatic heterocycles. The average Bonchev–Trinajstić information content (AvgIpc) is 2.61. The summed E-state index contributed by atoms with van der Waals surface area (Å²) < 4.78 is 35.3. The van der Waals surface area contributed by atoms with E-state index in [0.717, 1.165) is 0 Å². The second-order valence-electron chi connectivity index (χ2n) is 4.99. The molecule has 2 aromatic carbocycles. The van der Waals surface area contributed by atoms with Crippen molar-refractivity contribution < 1.29 is 22.7 Å². The Morgan fingerprint density at radius 2 is 1.72 bits per heavy atom. The molecule has 1 aliphatic rings. The summed E-state index contributed by atoms with van der Waals surface area (Å²) in [6.45, 7) is 0.802. The number of carbonyl (C=O) groups is 1. The molecule has 0 saturated carbocycles. The largest absolute Gasteiger partial charge is 0.486 e. The van der Waals surface area contributed by atoms with Gasteiger partial charge in [-0.2, -0.15) is 0 Å². The number of hydrazine groups is 1. The van der Waals surface area contributed by atoms with Crippen molar-refractivity contribution in [1.29, 1.82) is 0 Å². The SMILES string of the molecule is O=C(NNS(=O)(=O)c1cc(Cl)ccc1Cl)c1ccc2c(c1)OCCO2. The van der Waals surface area contributed by atoms with Gasteiger partial charge >= 0.3 is 0 Å². The van der Waals surface area contributed by atoms with E-state index in [1.54, 1.807) is 6.07 Å². The number of halogens is 2. The molecule has 1 aliphatic heterocycles. The summed E-state index contributed by atoms with van der Waals surface area (Å²) in [6.07, 6.45) is 0. The first-order chi connectivity index (χ1) is 11.9. The third-order valence-corrected chi connectivity index (χ3v) is 5.25. The van der Waals surface area contributed by atoms with Crippen LogP contribution in [0.3, 0.4) is 0 Å². The van der Waals surface area contributed by atoms with Crippen LogP contribution < -0.4 is 19.7 Å². The van der Waals surface area contributed by atoms with E-state index in [2.05, 4.69) is 5.43 Å². The second kappa shape index (κ2) is 7.09. The molecule has 0 saturated heterocycles. The Kier molecular flexibility index (Phi) is 5.05. The molecule has 10 heteroatoms. The molecule has 25 heavy (non-hydrogen) atoms. The van der Waals surface area contributed by atoms with Gasteiger partial charge in [-0.05, 0) is 36.4 Å². The van der Waals surface area contributed by atoms with Crippen LogP contribution in [0.25, 0.3) is 0 Å². The van der Waals surface area contributed by atoms with Crippen molar-refractivity contribution in [3.05, 3.63) is 52.0 Å². The van der Waals surface area contributed by atoms with Crippen molar-refractivity contribution in [1.82, 2.24) is 10.3 Å². The zero-order chi connectivity index (χ0) is 18.0. The minimum absolute atomic E-state index is 0.0227. The number of benzene rings is 2. The van der Waals surface area contributed by atoms with Crippen molar-refractivity contribution >= 4 is 39.1 Å². The van der Waals surface area contributed by atoms with Crippen LogP contribution in [0.15, 0.2) is 41.3 Å². The summed E-state index contributed by atoms with van der Waals surface area (Å²) in [7, 11) is -4.09. The molecule has 132 valence electrons. The van der Waals surface area contributed by atoms with E-state index in [9.17, 15) is 13.2 Å². The molecule has 1 heterocycles. The zero-order valence-electron chi connectivity index (χ0n) is 12.6. The van der Waals surface area contributed by atoms with E-state index in [-0.39, 0.29) is 20.5 Å². The molecule has 0 fully saturated rings.